The zero-order chi connectivity index (χ0) is 9.30. The largest absolute Gasteiger partial charge is 0.464 e. The fourth-order valence-corrected chi connectivity index (χ4v) is 1.02. The summed E-state index contributed by atoms with van der Waals surface area (Å²) in [7, 11) is 2.84. The van der Waals surface area contributed by atoms with Crippen molar-refractivity contribution in [3.05, 3.63) is 23.3 Å². The van der Waals surface area contributed by atoms with Crippen LogP contribution in [0.3, 0.4) is 0 Å². The average molecular weight is 171 g/mol. The number of hydrogen-bond acceptors (Lipinski definition) is 2. The van der Waals surface area contributed by atoms with Crippen molar-refractivity contribution >= 4 is 5.97 Å². The standard InChI is InChI=1S/C8H10FNO2/c1-5-4-6(9)7(10(5)2)8(11)12-3/h4H,1-3H3. The van der Waals surface area contributed by atoms with Crippen LogP contribution in [0.5, 0.6) is 0 Å². The minimum Gasteiger partial charge on any atom is -0.464 e. The Hall–Kier alpha value is -1.32. The first-order valence-electron chi connectivity index (χ1n) is 3.48. The molecule has 0 aliphatic carbocycles. The highest BCUT2D eigenvalue weighted by molar-refractivity contribution is 5.88. The first-order chi connectivity index (χ1) is 5.57. The lowest BCUT2D eigenvalue weighted by molar-refractivity contribution is 0.0584. The minimum absolute atomic E-state index is 0.0324. The van der Waals surface area contributed by atoms with Crippen molar-refractivity contribution in [2.45, 2.75) is 6.92 Å². The molecule has 1 aromatic rings. The number of aromatic nitrogens is 1. The van der Waals surface area contributed by atoms with Gasteiger partial charge >= 0.3 is 5.97 Å². The van der Waals surface area contributed by atoms with Gasteiger partial charge in [0.15, 0.2) is 11.5 Å². The van der Waals surface area contributed by atoms with Crippen molar-refractivity contribution in [2.75, 3.05) is 7.11 Å². The lowest BCUT2D eigenvalue weighted by atomic mass is 10.4. The van der Waals surface area contributed by atoms with E-state index in [2.05, 4.69) is 4.74 Å². The van der Waals surface area contributed by atoms with E-state index < -0.39 is 11.8 Å². The lowest BCUT2D eigenvalue weighted by Gasteiger charge is -2.01. The molecule has 12 heavy (non-hydrogen) atoms. The number of aryl methyl sites for hydroxylation is 1. The van der Waals surface area contributed by atoms with Gasteiger partial charge in [-0.3, -0.25) is 0 Å². The summed E-state index contributed by atoms with van der Waals surface area (Å²) in [5.41, 5.74) is 0.655. The molecular formula is C8H10FNO2. The Morgan fingerprint density at radius 2 is 2.25 bits per heavy atom. The second-order valence-corrected chi connectivity index (χ2v) is 2.53. The highest BCUT2D eigenvalue weighted by Gasteiger charge is 2.17. The summed E-state index contributed by atoms with van der Waals surface area (Å²) in [6, 6.07) is 1.30. The first-order valence-corrected chi connectivity index (χ1v) is 3.48. The van der Waals surface area contributed by atoms with Crippen molar-refractivity contribution in [3.63, 3.8) is 0 Å². The number of carbonyl (C=O) groups excluding carboxylic acids is 1. The van der Waals surface area contributed by atoms with E-state index in [1.807, 2.05) is 0 Å². The van der Waals surface area contributed by atoms with Crippen molar-refractivity contribution in [1.29, 1.82) is 0 Å². The number of rotatable bonds is 1. The Balaban J connectivity index is 3.22. The van der Waals surface area contributed by atoms with Gasteiger partial charge in [0.25, 0.3) is 0 Å². The molecule has 1 rings (SSSR count). The van der Waals surface area contributed by atoms with Gasteiger partial charge in [-0.1, -0.05) is 0 Å². The molecule has 1 aromatic heterocycles. The molecule has 0 radical (unpaired) electrons. The van der Waals surface area contributed by atoms with E-state index in [0.29, 0.717) is 5.69 Å². The van der Waals surface area contributed by atoms with Crippen molar-refractivity contribution in [3.8, 4) is 0 Å². The van der Waals surface area contributed by atoms with E-state index in [4.69, 9.17) is 0 Å². The van der Waals surface area contributed by atoms with Crippen LogP contribution in [0.2, 0.25) is 0 Å². The fraction of sp³-hybridized carbons (Fsp3) is 0.375. The van der Waals surface area contributed by atoms with Crippen molar-refractivity contribution in [1.82, 2.24) is 4.57 Å². The van der Waals surface area contributed by atoms with Crippen LogP contribution in [0.15, 0.2) is 6.07 Å². The molecule has 0 atom stereocenters. The summed E-state index contributed by atoms with van der Waals surface area (Å²) in [5.74, 6) is -1.19. The van der Waals surface area contributed by atoms with Crippen LogP contribution < -0.4 is 0 Å². The Kier molecular flexibility index (Phi) is 2.17. The van der Waals surface area contributed by atoms with Gasteiger partial charge in [-0.25, -0.2) is 9.18 Å². The van der Waals surface area contributed by atoms with Gasteiger partial charge in [0, 0.05) is 12.7 Å². The van der Waals surface area contributed by atoms with Crippen LogP contribution in [0, 0.1) is 12.7 Å². The van der Waals surface area contributed by atoms with Gasteiger partial charge < -0.3 is 9.30 Å². The van der Waals surface area contributed by atoms with E-state index in [9.17, 15) is 9.18 Å². The molecule has 4 heteroatoms. The van der Waals surface area contributed by atoms with Gasteiger partial charge in [-0.2, -0.15) is 0 Å². The third-order valence-corrected chi connectivity index (χ3v) is 1.81. The highest BCUT2D eigenvalue weighted by Crippen LogP contribution is 2.12. The summed E-state index contributed by atoms with van der Waals surface area (Å²) in [5, 5.41) is 0. The second-order valence-electron chi connectivity index (χ2n) is 2.53. The molecule has 0 saturated heterocycles. The maximum absolute atomic E-state index is 13.0. The summed E-state index contributed by atoms with van der Waals surface area (Å²) in [6.07, 6.45) is 0. The molecule has 0 aromatic carbocycles. The molecule has 0 aliphatic heterocycles. The van der Waals surface area contributed by atoms with Gasteiger partial charge in [0.2, 0.25) is 0 Å². The number of hydrogen-bond donors (Lipinski definition) is 0. The van der Waals surface area contributed by atoms with Crippen LogP contribution in [0.25, 0.3) is 0 Å². The predicted octanol–water partition coefficient (Wildman–Crippen LogP) is 1.26. The summed E-state index contributed by atoms with van der Waals surface area (Å²) in [4.78, 5) is 11.0. The van der Waals surface area contributed by atoms with E-state index >= 15 is 0 Å². The van der Waals surface area contributed by atoms with E-state index in [1.165, 1.54) is 17.7 Å². The maximum Gasteiger partial charge on any atom is 0.357 e. The quantitative estimate of drug-likeness (QED) is 0.595. The van der Waals surface area contributed by atoms with Gasteiger partial charge in [0.1, 0.15) is 0 Å². The zero-order valence-electron chi connectivity index (χ0n) is 7.22. The molecule has 0 unspecified atom stereocenters. The Bertz CT molecular complexity index is 317. The van der Waals surface area contributed by atoms with Gasteiger partial charge in [0.05, 0.1) is 7.11 Å². The zero-order valence-corrected chi connectivity index (χ0v) is 7.22. The number of methoxy groups -OCH3 is 1. The van der Waals surface area contributed by atoms with E-state index in [-0.39, 0.29) is 5.69 Å². The molecular weight excluding hydrogens is 161 g/mol. The van der Waals surface area contributed by atoms with Crippen molar-refractivity contribution < 1.29 is 13.9 Å². The topological polar surface area (TPSA) is 31.2 Å². The Labute approximate surface area is 69.8 Å². The number of carbonyl (C=O) groups is 1. The molecule has 0 amide bonds. The number of esters is 1. The predicted molar refractivity (Wildman–Crippen MR) is 41.4 cm³/mol. The van der Waals surface area contributed by atoms with Crippen molar-refractivity contribution in [2.24, 2.45) is 7.05 Å². The molecule has 0 bridgehead atoms. The third kappa shape index (κ3) is 1.20. The number of halogens is 1. The highest BCUT2D eigenvalue weighted by atomic mass is 19.1. The van der Waals surface area contributed by atoms with Gasteiger partial charge in [-0.05, 0) is 13.0 Å². The van der Waals surface area contributed by atoms with E-state index in [1.54, 1.807) is 14.0 Å². The summed E-state index contributed by atoms with van der Waals surface area (Å²) in [6.45, 7) is 1.72. The maximum atomic E-state index is 13.0. The van der Waals surface area contributed by atoms with Crippen LogP contribution in [0.4, 0.5) is 4.39 Å². The number of ether oxygens (including phenoxy) is 1. The molecule has 0 saturated carbocycles. The summed E-state index contributed by atoms with van der Waals surface area (Å²) >= 11 is 0. The van der Waals surface area contributed by atoms with Crippen LogP contribution >= 0.6 is 0 Å². The van der Waals surface area contributed by atoms with Crippen LogP contribution in [0.1, 0.15) is 16.2 Å². The molecule has 0 spiro atoms. The van der Waals surface area contributed by atoms with Crippen LogP contribution in [-0.4, -0.2) is 17.6 Å². The van der Waals surface area contributed by atoms with Gasteiger partial charge in [-0.15, -0.1) is 0 Å². The molecule has 1 heterocycles. The molecule has 66 valence electrons. The molecule has 0 fully saturated rings. The Morgan fingerprint density at radius 1 is 1.67 bits per heavy atom. The smallest absolute Gasteiger partial charge is 0.357 e. The summed E-state index contributed by atoms with van der Waals surface area (Å²) < 4.78 is 18.9. The first kappa shape index (κ1) is 8.77. The Morgan fingerprint density at radius 3 is 2.58 bits per heavy atom. The lowest BCUT2D eigenvalue weighted by Crippen LogP contribution is -2.09. The number of nitrogens with zero attached hydrogens (tertiary/aromatic N) is 1. The average Bonchev–Trinajstić information content (AvgIpc) is 2.26. The van der Waals surface area contributed by atoms with E-state index in [0.717, 1.165) is 0 Å². The normalized spacial score (nSPS) is 10.0. The monoisotopic (exact) mass is 171 g/mol. The minimum atomic E-state index is -0.650. The SMILES string of the molecule is COC(=O)c1c(F)cc(C)n1C. The molecule has 0 aliphatic rings. The fourth-order valence-electron chi connectivity index (χ4n) is 1.02. The van der Waals surface area contributed by atoms with Crippen LogP contribution in [-0.2, 0) is 11.8 Å². The second kappa shape index (κ2) is 2.97. The molecule has 3 nitrogen and oxygen atoms in total. The third-order valence-electron chi connectivity index (χ3n) is 1.81. The molecule has 0 N–H and O–H groups in total.